The quantitative estimate of drug-likeness (QED) is 0.0903. The van der Waals surface area contributed by atoms with Gasteiger partial charge in [0.05, 0.1) is 0 Å². The average molecular weight is 497 g/mol. The molecule has 30 heavy (non-hydrogen) atoms. The summed E-state index contributed by atoms with van der Waals surface area (Å²) in [4.78, 5) is 0. The third kappa shape index (κ3) is 15.8. The number of rotatable bonds is 21. The van der Waals surface area contributed by atoms with Crippen LogP contribution in [-0.4, -0.2) is 48.2 Å². The maximum Gasteiger partial charge on any atom is 0.501 e. The van der Waals surface area contributed by atoms with Crippen LogP contribution in [0.5, 0.6) is 0 Å². The van der Waals surface area contributed by atoms with Crippen molar-refractivity contribution in [2.45, 2.75) is 105 Å². The van der Waals surface area contributed by atoms with E-state index in [-0.39, 0.29) is 0 Å². The summed E-state index contributed by atoms with van der Waals surface area (Å²) in [6.45, 7) is 20.3. The Hall–Kier alpha value is 1.01. The largest absolute Gasteiger partial charge is 0.501 e. The van der Waals surface area contributed by atoms with E-state index in [0.717, 1.165) is 12.0 Å². The molecule has 0 aromatic heterocycles. The molecular formula is C23H52O3S2Si2. The zero-order valence-electron chi connectivity index (χ0n) is 21.4. The topological polar surface area (TPSA) is 27.7 Å². The van der Waals surface area contributed by atoms with Gasteiger partial charge in [0.25, 0.3) is 0 Å². The molecule has 0 spiro atoms. The van der Waals surface area contributed by atoms with Crippen LogP contribution in [0, 0.1) is 11.8 Å². The Morgan fingerprint density at radius 2 is 1.03 bits per heavy atom. The van der Waals surface area contributed by atoms with Gasteiger partial charge in [-0.15, -0.1) is 0 Å². The van der Waals surface area contributed by atoms with Crippen LogP contribution in [0.25, 0.3) is 0 Å². The SMILES string of the molecule is CCO[Si](CC(CC)CCCSSCCCC(CC)C[Si](C)(C)C)(OCC)OCC. The van der Waals surface area contributed by atoms with Crippen molar-refractivity contribution >= 4 is 38.5 Å². The minimum atomic E-state index is -2.51. The van der Waals surface area contributed by atoms with Crippen molar-refractivity contribution < 1.29 is 13.3 Å². The lowest BCUT2D eigenvalue weighted by molar-refractivity contribution is 0.0663. The molecule has 0 N–H and O–H groups in total. The molecule has 0 bridgehead atoms. The summed E-state index contributed by atoms with van der Waals surface area (Å²) in [6, 6.07) is 2.46. The Balaban J connectivity index is 4.11. The van der Waals surface area contributed by atoms with Crippen molar-refractivity contribution in [2.75, 3.05) is 31.3 Å². The Bertz CT molecular complexity index is 378. The van der Waals surface area contributed by atoms with Crippen LogP contribution in [0.1, 0.15) is 73.1 Å². The van der Waals surface area contributed by atoms with E-state index in [1.807, 2.05) is 20.8 Å². The highest BCUT2D eigenvalue weighted by Gasteiger charge is 2.42. The van der Waals surface area contributed by atoms with Gasteiger partial charge in [-0.05, 0) is 58.3 Å². The predicted octanol–water partition coefficient (Wildman–Crippen LogP) is 8.37. The third-order valence-electron chi connectivity index (χ3n) is 5.45. The average Bonchev–Trinajstić information content (AvgIpc) is 2.67. The highest BCUT2D eigenvalue weighted by atomic mass is 33.1. The number of hydrogen-bond acceptors (Lipinski definition) is 5. The fourth-order valence-corrected chi connectivity index (χ4v) is 11.6. The van der Waals surface area contributed by atoms with E-state index >= 15 is 0 Å². The second-order valence-corrected chi connectivity index (χ2v) is 20.3. The van der Waals surface area contributed by atoms with Gasteiger partial charge in [0.2, 0.25) is 0 Å². The van der Waals surface area contributed by atoms with Crippen molar-refractivity contribution in [2.24, 2.45) is 11.8 Å². The molecule has 0 rings (SSSR count). The standard InChI is InChI=1S/C23H52O3S2Si2/c1-9-22(20-29(6,7)8)16-14-18-27-28-19-15-17-23(10-2)21-30(24-11-3,25-12-4)26-13-5/h22-23H,9-21H2,1-8H3. The predicted molar refractivity (Wildman–Crippen MR) is 145 cm³/mol. The van der Waals surface area contributed by atoms with Gasteiger partial charge in [0.1, 0.15) is 0 Å². The van der Waals surface area contributed by atoms with E-state index < -0.39 is 16.9 Å². The Morgan fingerprint density at radius 3 is 1.37 bits per heavy atom. The maximum atomic E-state index is 6.06. The first-order valence-electron chi connectivity index (χ1n) is 12.4. The van der Waals surface area contributed by atoms with Crippen LogP contribution < -0.4 is 0 Å². The van der Waals surface area contributed by atoms with Crippen molar-refractivity contribution in [3.8, 4) is 0 Å². The zero-order chi connectivity index (χ0) is 22.9. The van der Waals surface area contributed by atoms with E-state index in [1.54, 1.807) is 0 Å². The first-order valence-corrected chi connectivity index (χ1v) is 20.5. The molecule has 0 amide bonds. The van der Waals surface area contributed by atoms with Gasteiger partial charge < -0.3 is 13.3 Å². The molecule has 0 aliphatic heterocycles. The first kappa shape index (κ1) is 31.0. The fourth-order valence-electron chi connectivity index (χ4n) is 4.06. The van der Waals surface area contributed by atoms with E-state index in [1.165, 1.54) is 56.1 Å². The normalized spacial score (nSPS) is 14.8. The molecule has 0 heterocycles. The smallest absolute Gasteiger partial charge is 0.374 e. The zero-order valence-corrected chi connectivity index (χ0v) is 25.0. The summed E-state index contributed by atoms with van der Waals surface area (Å²) < 4.78 is 18.2. The molecular weight excluding hydrogens is 445 g/mol. The van der Waals surface area contributed by atoms with Crippen LogP contribution in [0.3, 0.4) is 0 Å². The molecule has 0 aliphatic carbocycles. The van der Waals surface area contributed by atoms with Crippen molar-refractivity contribution in [1.29, 1.82) is 0 Å². The minimum absolute atomic E-state index is 0.638. The van der Waals surface area contributed by atoms with Gasteiger partial charge >= 0.3 is 8.80 Å². The van der Waals surface area contributed by atoms with Gasteiger partial charge in [0.15, 0.2) is 0 Å². The molecule has 7 heteroatoms. The molecule has 3 nitrogen and oxygen atoms in total. The third-order valence-corrected chi connectivity index (χ3v) is 13.1. The fraction of sp³-hybridized carbons (Fsp3) is 1.00. The molecule has 0 saturated carbocycles. The maximum absolute atomic E-state index is 6.06. The molecule has 0 aromatic carbocycles. The lowest BCUT2D eigenvalue weighted by Gasteiger charge is -2.31. The van der Waals surface area contributed by atoms with E-state index in [9.17, 15) is 0 Å². The lowest BCUT2D eigenvalue weighted by atomic mass is 10.0. The van der Waals surface area contributed by atoms with Gasteiger partial charge in [-0.1, -0.05) is 74.0 Å². The van der Waals surface area contributed by atoms with Gasteiger partial charge in [-0.3, -0.25) is 0 Å². The second-order valence-electron chi connectivity index (χ2n) is 9.43. The lowest BCUT2D eigenvalue weighted by Crippen LogP contribution is -2.47. The van der Waals surface area contributed by atoms with Crippen molar-refractivity contribution in [1.82, 2.24) is 0 Å². The van der Waals surface area contributed by atoms with Crippen molar-refractivity contribution in [3.63, 3.8) is 0 Å². The van der Waals surface area contributed by atoms with Crippen LogP contribution in [0.15, 0.2) is 0 Å². The van der Waals surface area contributed by atoms with Crippen LogP contribution in [-0.2, 0) is 13.3 Å². The van der Waals surface area contributed by atoms with Crippen molar-refractivity contribution in [3.05, 3.63) is 0 Å². The minimum Gasteiger partial charge on any atom is -0.374 e. The van der Waals surface area contributed by atoms with Crippen LogP contribution in [0.2, 0.25) is 31.7 Å². The molecule has 182 valence electrons. The first-order chi connectivity index (χ1) is 14.3. The Kier molecular flexibility index (Phi) is 19.1. The highest BCUT2D eigenvalue weighted by molar-refractivity contribution is 8.76. The summed E-state index contributed by atoms with van der Waals surface area (Å²) in [5, 5.41) is 0. The molecule has 0 fully saturated rings. The Labute approximate surface area is 199 Å². The summed E-state index contributed by atoms with van der Waals surface area (Å²) in [5.41, 5.74) is 0. The molecule has 2 unspecified atom stereocenters. The van der Waals surface area contributed by atoms with Crippen LogP contribution in [0.4, 0.5) is 0 Å². The molecule has 2 atom stereocenters. The molecule has 0 aromatic rings. The summed E-state index contributed by atoms with van der Waals surface area (Å²) in [7, 11) is 0.735. The van der Waals surface area contributed by atoms with Crippen LogP contribution >= 0.6 is 21.6 Å². The summed E-state index contributed by atoms with van der Waals surface area (Å²) in [6.07, 6.45) is 7.86. The molecule has 0 saturated heterocycles. The Morgan fingerprint density at radius 1 is 0.633 bits per heavy atom. The second kappa shape index (κ2) is 18.4. The summed E-state index contributed by atoms with van der Waals surface area (Å²) >= 11 is 0. The van der Waals surface area contributed by atoms with E-state index in [4.69, 9.17) is 13.3 Å². The van der Waals surface area contributed by atoms with E-state index in [0.29, 0.717) is 25.7 Å². The molecule has 0 radical (unpaired) electrons. The van der Waals surface area contributed by atoms with Gasteiger partial charge in [0, 0.05) is 45.4 Å². The van der Waals surface area contributed by atoms with Gasteiger partial charge in [-0.25, -0.2) is 0 Å². The van der Waals surface area contributed by atoms with E-state index in [2.05, 4.69) is 55.1 Å². The number of hydrogen-bond donors (Lipinski definition) is 0. The molecule has 0 aliphatic rings. The highest BCUT2D eigenvalue weighted by Crippen LogP contribution is 2.31. The monoisotopic (exact) mass is 496 g/mol. The van der Waals surface area contributed by atoms with Gasteiger partial charge in [-0.2, -0.15) is 0 Å². The summed E-state index contributed by atoms with van der Waals surface area (Å²) in [5.74, 6) is 4.15.